The van der Waals surface area contributed by atoms with Gasteiger partial charge in [0.05, 0.1) is 18.8 Å². The van der Waals surface area contributed by atoms with Crippen LogP contribution in [0.25, 0.3) is 5.57 Å². The zero-order valence-electron chi connectivity index (χ0n) is 12.6. The summed E-state index contributed by atoms with van der Waals surface area (Å²) in [5.74, 6) is 0. The number of rotatable bonds is 1. The first kappa shape index (κ1) is 14.2. The number of H-pyrrole nitrogens is 1. The van der Waals surface area contributed by atoms with Gasteiger partial charge in [-0.25, -0.2) is 0 Å². The van der Waals surface area contributed by atoms with Crippen LogP contribution < -0.4 is 5.56 Å². The van der Waals surface area contributed by atoms with Crippen LogP contribution in [0.4, 0.5) is 0 Å². The summed E-state index contributed by atoms with van der Waals surface area (Å²) >= 11 is 5.99. The van der Waals surface area contributed by atoms with Crippen LogP contribution in [0.1, 0.15) is 23.6 Å². The number of halogens is 1. The first-order valence-corrected chi connectivity index (χ1v) is 7.78. The van der Waals surface area contributed by atoms with Gasteiger partial charge in [-0.1, -0.05) is 23.7 Å². The Bertz CT molecular complexity index is 949. The topological polar surface area (TPSA) is 57.6 Å². The van der Waals surface area contributed by atoms with E-state index in [1.165, 1.54) is 5.57 Å². The van der Waals surface area contributed by atoms with Gasteiger partial charge < -0.3 is 4.98 Å². The molecule has 0 saturated heterocycles. The minimum Gasteiger partial charge on any atom is -0.328 e. The van der Waals surface area contributed by atoms with Crippen LogP contribution in [0.5, 0.6) is 0 Å². The van der Waals surface area contributed by atoms with Gasteiger partial charge in [-0.2, -0.15) is 0 Å². The molecule has 0 aliphatic carbocycles. The van der Waals surface area contributed by atoms with E-state index >= 15 is 0 Å². The second-order valence-corrected chi connectivity index (χ2v) is 6.11. The van der Waals surface area contributed by atoms with Crippen molar-refractivity contribution in [1.29, 1.82) is 0 Å². The summed E-state index contributed by atoms with van der Waals surface area (Å²) in [5, 5.41) is 0.678. The molecule has 0 fully saturated rings. The van der Waals surface area contributed by atoms with E-state index < -0.39 is 0 Å². The normalized spacial score (nSPS) is 16.4. The minimum absolute atomic E-state index is 0.137. The molecule has 2 aliphatic rings. The van der Waals surface area contributed by atoms with Crippen LogP contribution in [0.15, 0.2) is 56.9 Å². The molecule has 1 N–H and O–H groups in total. The summed E-state index contributed by atoms with van der Waals surface area (Å²) in [6.45, 7) is 3.28. The van der Waals surface area contributed by atoms with Crippen molar-refractivity contribution in [2.24, 2.45) is 9.98 Å². The quantitative estimate of drug-likeness (QED) is 0.861. The fraction of sp³-hybridized carbons (Fsp3) is 0.167. The van der Waals surface area contributed by atoms with E-state index in [9.17, 15) is 4.79 Å². The molecule has 4 rings (SSSR count). The first-order valence-electron chi connectivity index (χ1n) is 7.41. The molecule has 5 heteroatoms. The maximum absolute atomic E-state index is 11.9. The highest BCUT2D eigenvalue weighted by Crippen LogP contribution is 2.31. The van der Waals surface area contributed by atoms with E-state index in [1.54, 1.807) is 12.3 Å². The van der Waals surface area contributed by atoms with Crippen LogP contribution in [-0.2, 0) is 0 Å². The van der Waals surface area contributed by atoms with Crippen LogP contribution in [0.3, 0.4) is 0 Å². The fourth-order valence-corrected chi connectivity index (χ4v) is 3.26. The molecule has 23 heavy (non-hydrogen) atoms. The Labute approximate surface area is 138 Å². The number of hydrogen-bond donors (Lipinski definition) is 1. The molecule has 0 radical (unpaired) electrons. The number of hydrogen-bond acceptors (Lipinski definition) is 3. The van der Waals surface area contributed by atoms with Crippen molar-refractivity contribution in [2.75, 3.05) is 13.1 Å². The average molecular weight is 324 g/mol. The number of pyridine rings is 1. The largest absolute Gasteiger partial charge is 0.328 e. The second kappa shape index (κ2) is 5.32. The Hall–Kier alpha value is -2.46. The van der Waals surface area contributed by atoms with Crippen molar-refractivity contribution >= 4 is 28.6 Å². The number of fused-ring (bicyclic) bond motifs is 2. The molecule has 114 valence electrons. The van der Waals surface area contributed by atoms with E-state index in [4.69, 9.17) is 16.6 Å². The SMILES string of the molecule is CC1=NCC2=C1c1c[nH]c(=O)cc1C(c1ccc(Cl)cc1)=NC2. The van der Waals surface area contributed by atoms with Crippen LogP contribution >= 0.6 is 11.6 Å². The third-order valence-corrected chi connectivity index (χ3v) is 4.47. The molecule has 3 heterocycles. The Balaban J connectivity index is 1.96. The Morgan fingerprint density at radius 1 is 1.09 bits per heavy atom. The van der Waals surface area contributed by atoms with E-state index in [0.717, 1.165) is 33.7 Å². The zero-order valence-corrected chi connectivity index (χ0v) is 13.3. The molecular weight excluding hydrogens is 310 g/mol. The van der Waals surface area contributed by atoms with Gasteiger partial charge in [0.2, 0.25) is 5.56 Å². The summed E-state index contributed by atoms with van der Waals surface area (Å²) in [7, 11) is 0. The minimum atomic E-state index is -0.137. The lowest BCUT2D eigenvalue weighted by atomic mass is 9.92. The Morgan fingerprint density at radius 2 is 1.83 bits per heavy atom. The van der Waals surface area contributed by atoms with E-state index in [1.807, 2.05) is 31.2 Å². The monoisotopic (exact) mass is 323 g/mol. The van der Waals surface area contributed by atoms with Gasteiger partial charge in [-0.15, -0.1) is 0 Å². The number of benzene rings is 1. The molecule has 2 aliphatic heterocycles. The number of allylic oxidation sites excluding steroid dienone is 1. The van der Waals surface area contributed by atoms with Gasteiger partial charge >= 0.3 is 0 Å². The number of nitrogens with zero attached hydrogens (tertiary/aromatic N) is 2. The van der Waals surface area contributed by atoms with Crippen molar-refractivity contribution in [1.82, 2.24) is 4.98 Å². The molecule has 2 aromatic rings. The van der Waals surface area contributed by atoms with Gasteiger partial charge in [-0.3, -0.25) is 14.8 Å². The molecule has 1 aromatic carbocycles. The summed E-state index contributed by atoms with van der Waals surface area (Å²) in [6.07, 6.45) is 1.77. The summed E-state index contributed by atoms with van der Waals surface area (Å²) in [4.78, 5) is 24.0. The van der Waals surface area contributed by atoms with Crippen molar-refractivity contribution in [3.8, 4) is 0 Å². The summed E-state index contributed by atoms with van der Waals surface area (Å²) in [5.41, 5.74) is 6.79. The van der Waals surface area contributed by atoms with Crippen molar-refractivity contribution < 1.29 is 0 Å². The molecule has 0 unspecified atom stereocenters. The lowest BCUT2D eigenvalue weighted by Crippen LogP contribution is -2.14. The molecule has 0 spiro atoms. The predicted octanol–water partition coefficient (Wildman–Crippen LogP) is 3.11. The van der Waals surface area contributed by atoms with Gasteiger partial charge in [0.15, 0.2) is 0 Å². The number of aliphatic imine (C=N–C) groups is 2. The van der Waals surface area contributed by atoms with Crippen molar-refractivity contribution in [2.45, 2.75) is 6.92 Å². The van der Waals surface area contributed by atoms with Gasteiger partial charge in [0.1, 0.15) is 0 Å². The molecular formula is C18H14ClN3O. The summed E-state index contributed by atoms with van der Waals surface area (Å²) < 4.78 is 0. The zero-order chi connectivity index (χ0) is 16.0. The lowest BCUT2D eigenvalue weighted by molar-refractivity contribution is 1.07. The highest BCUT2D eigenvalue weighted by Gasteiger charge is 2.25. The third-order valence-electron chi connectivity index (χ3n) is 4.22. The van der Waals surface area contributed by atoms with Crippen LogP contribution in [0, 0.1) is 0 Å². The van der Waals surface area contributed by atoms with Gasteiger partial charge in [0, 0.05) is 45.3 Å². The predicted molar refractivity (Wildman–Crippen MR) is 93.9 cm³/mol. The average Bonchev–Trinajstić information content (AvgIpc) is 2.82. The van der Waals surface area contributed by atoms with E-state index in [2.05, 4.69) is 9.98 Å². The molecule has 4 nitrogen and oxygen atoms in total. The Kier molecular flexibility index (Phi) is 3.27. The maximum Gasteiger partial charge on any atom is 0.248 e. The maximum atomic E-state index is 11.9. The van der Waals surface area contributed by atoms with Crippen molar-refractivity contribution in [3.63, 3.8) is 0 Å². The first-order chi connectivity index (χ1) is 11.1. The molecule has 0 saturated carbocycles. The molecule has 1 aromatic heterocycles. The van der Waals surface area contributed by atoms with Crippen LogP contribution in [-0.4, -0.2) is 29.5 Å². The van der Waals surface area contributed by atoms with Crippen molar-refractivity contribution in [3.05, 3.63) is 74.2 Å². The second-order valence-electron chi connectivity index (χ2n) is 5.68. The van der Waals surface area contributed by atoms with Crippen LogP contribution in [0.2, 0.25) is 5.02 Å². The van der Waals surface area contributed by atoms with Gasteiger partial charge in [-0.05, 0) is 24.6 Å². The third kappa shape index (κ3) is 2.35. The van der Waals surface area contributed by atoms with Gasteiger partial charge in [0.25, 0.3) is 0 Å². The number of aromatic amines is 1. The number of nitrogens with one attached hydrogen (secondary N) is 1. The fourth-order valence-electron chi connectivity index (χ4n) is 3.13. The van der Waals surface area contributed by atoms with E-state index in [0.29, 0.717) is 18.1 Å². The lowest BCUT2D eigenvalue weighted by Gasteiger charge is -2.11. The highest BCUT2D eigenvalue weighted by atomic mass is 35.5. The standard InChI is InChI=1S/C18H14ClN3O/c1-10-17-12(7-20-10)8-22-18(11-2-4-13(19)5-3-11)14-6-16(23)21-9-15(14)17/h2-6,9H,7-8H2,1H3,(H,21,23). The highest BCUT2D eigenvalue weighted by molar-refractivity contribution is 6.31. The molecule has 0 bridgehead atoms. The molecule has 0 amide bonds. The molecule has 0 atom stereocenters. The summed E-state index contributed by atoms with van der Waals surface area (Å²) in [6, 6.07) is 9.16. The number of aromatic nitrogens is 1. The smallest absolute Gasteiger partial charge is 0.248 e. The van der Waals surface area contributed by atoms with E-state index in [-0.39, 0.29) is 5.56 Å². The Morgan fingerprint density at radius 3 is 2.61 bits per heavy atom.